The van der Waals surface area contributed by atoms with Gasteiger partial charge in [-0.25, -0.2) is 0 Å². The number of methoxy groups -OCH3 is 1. The highest BCUT2D eigenvalue weighted by atomic mass is 16.5. The second-order valence-corrected chi connectivity index (χ2v) is 6.89. The van der Waals surface area contributed by atoms with Crippen LogP contribution in [0.4, 0.5) is 0 Å². The van der Waals surface area contributed by atoms with E-state index in [4.69, 9.17) is 4.74 Å². The number of carboxylic acids is 1. The van der Waals surface area contributed by atoms with Gasteiger partial charge in [0.15, 0.2) is 0 Å². The predicted octanol–water partition coefficient (Wildman–Crippen LogP) is 6.04. The molecule has 1 aliphatic rings. The largest absolute Gasteiger partial charge is 0.496 e. The molecule has 0 bridgehead atoms. The fraction of sp³-hybridized carbons (Fsp3) is 0.160. The van der Waals surface area contributed by atoms with Gasteiger partial charge in [-0.05, 0) is 57.2 Å². The van der Waals surface area contributed by atoms with Crippen LogP contribution in [0.15, 0.2) is 66.2 Å². The Hall–Kier alpha value is -3.33. The summed E-state index contributed by atoms with van der Waals surface area (Å²) in [7, 11) is 1.63. The smallest absolute Gasteiger partial charge is 0.307 e. The van der Waals surface area contributed by atoms with Crippen LogP contribution in [0.3, 0.4) is 0 Å². The molecule has 0 unspecified atom stereocenters. The van der Waals surface area contributed by atoms with Crippen molar-refractivity contribution in [3.63, 3.8) is 0 Å². The molecule has 4 rings (SSSR count). The zero-order valence-electron chi connectivity index (χ0n) is 16.0. The van der Waals surface area contributed by atoms with Crippen molar-refractivity contribution in [1.82, 2.24) is 0 Å². The van der Waals surface area contributed by atoms with Crippen LogP contribution in [0, 0.1) is 0 Å². The number of carbonyl (C=O) groups is 1. The molecule has 3 heteroatoms. The Labute approximate surface area is 164 Å². The molecule has 0 amide bonds. The number of hydrogen-bond donors (Lipinski definition) is 1. The molecule has 3 aromatic rings. The van der Waals surface area contributed by atoms with Gasteiger partial charge in [0.05, 0.1) is 13.5 Å². The summed E-state index contributed by atoms with van der Waals surface area (Å²) in [6.45, 7) is 2.08. The number of rotatable bonds is 5. The summed E-state index contributed by atoms with van der Waals surface area (Å²) in [4.78, 5) is 11.6. The highest BCUT2D eigenvalue weighted by Crippen LogP contribution is 2.48. The first kappa shape index (κ1) is 18.1. The van der Waals surface area contributed by atoms with Gasteiger partial charge in [-0.1, -0.05) is 61.5 Å². The first-order valence-corrected chi connectivity index (χ1v) is 9.45. The van der Waals surface area contributed by atoms with Crippen LogP contribution in [0.5, 0.6) is 5.75 Å². The molecule has 0 saturated heterocycles. The van der Waals surface area contributed by atoms with Crippen LogP contribution in [0.2, 0.25) is 0 Å². The fourth-order valence-electron chi connectivity index (χ4n) is 4.16. The molecule has 0 saturated carbocycles. The molecule has 0 radical (unpaired) electrons. The molecule has 140 valence electrons. The summed E-state index contributed by atoms with van der Waals surface area (Å²) in [5, 5.41) is 11.9. The summed E-state index contributed by atoms with van der Waals surface area (Å²) in [6.07, 6.45) is 2.94. The van der Waals surface area contributed by atoms with Crippen LogP contribution in [-0.2, 0) is 4.79 Å². The normalized spacial score (nSPS) is 14.6. The Morgan fingerprint density at radius 1 is 1.00 bits per heavy atom. The Kier molecular flexibility index (Phi) is 4.74. The third kappa shape index (κ3) is 2.99. The van der Waals surface area contributed by atoms with E-state index >= 15 is 0 Å². The van der Waals surface area contributed by atoms with Crippen LogP contribution < -0.4 is 4.74 Å². The highest BCUT2D eigenvalue weighted by Gasteiger charge is 2.29. The van der Waals surface area contributed by atoms with E-state index in [1.807, 2.05) is 24.3 Å². The van der Waals surface area contributed by atoms with E-state index in [2.05, 4.69) is 49.4 Å². The molecule has 1 N–H and O–H groups in total. The SMILES string of the molecule is CCC1=C(CC(=O)O)c2c(OC)cccc2/C1=C\c1cccc2ccccc12. The predicted molar refractivity (Wildman–Crippen MR) is 114 cm³/mol. The Balaban J connectivity index is 1.99. The molecule has 0 spiro atoms. The summed E-state index contributed by atoms with van der Waals surface area (Å²) >= 11 is 0. The van der Waals surface area contributed by atoms with Gasteiger partial charge in [0.25, 0.3) is 0 Å². The molecular weight excluding hydrogens is 348 g/mol. The number of benzene rings is 3. The van der Waals surface area contributed by atoms with E-state index in [9.17, 15) is 9.90 Å². The van der Waals surface area contributed by atoms with Gasteiger partial charge in [-0.2, -0.15) is 0 Å². The number of fused-ring (bicyclic) bond motifs is 2. The van der Waals surface area contributed by atoms with Crippen molar-refractivity contribution in [2.75, 3.05) is 7.11 Å². The van der Waals surface area contributed by atoms with Crippen molar-refractivity contribution in [2.45, 2.75) is 19.8 Å². The molecule has 0 fully saturated rings. The summed E-state index contributed by atoms with van der Waals surface area (Å²) in [5.41, 5.74) is 6.10. The lowest BCUT2D eigenvalue weighted by molar-refractivity contribution is -0.135. The van der Waals surface area contributed by atoms with Crippen molar-refractivity contribution >= 4 is 34.0 Å². The molecular formula is C25H22O3. The third-order valence-corrected chi connectivity index (χ3v) is 5.33. The average molecular weight is 370 g/mol. The molecule has 28 heavy (non-hydrogen) atoms. The molecule has 0 aromatic heterocycles. The summed E-state index contributed by atoms with van der Waals surface area (Å²) in [5.74, 6) is -0.106. The van der Waals surface area contributed by atoms with Crippen molar-refractivity contribution < 1.29 is 14.6 Å². The lowest BCUT2D eigenvalue weighted by atomic mass is 9.96. The van der Waals surface area contributed by atoms with Crippen LogP contribution in [-0.4, -0.2) is 18.2 Å². The highest BCUT2D eigenvalue weighted by molar-refractivity contribution is 6.10. The average Bonchev–Trinajstić information content (AvgIpc) is 3.00. The second-order valence-electron chi connectivity index (χ2n) is 6.89. The van der Waals surface area contributed by atoms with Gasteiger partial charge in [0, 0.05) is 5.56 Å². The molecule has 0 aliphatic heterocycles. The summed E-state index contributed by atoms with van der Waals surface area (Å²) in [6, 6.07) is 20.5. The zero-order chi connectivity index (χ0) is 19.7. The zero-order valence-corrected chi connectivity index (χ0v) is 16.0. The molecule has 0 atom stereocenters. The van der Waals surface area contributed by atoms with Gasteiger partial charge in [-0.15, -0.1) is 0 Å². The lowest BCUT2D eigenvalue weighted by Crippen LogP contribution is -1.99. The lowest BCUT2D eigenvalue weighted by Gasteiger charge is -2.10. The number of aliphatic carboxylic acids is 1. The quantitative estimate of drug-likeness (QED) is 0.595. The van der Waals surface area contributed by atoms with Crippen molar-refractivity contribution in [3.8, 4) is 5.75 Å². The van der Waals surface area contributed by atoms with E-state index in [0.717, 1.165) is 45.6 Å². The Morgan fingerprint density at radius 2 is 1.75 bits per heavy atom. The molecule has 1 aliphatic carbocycles. The summed E-state index contributed by atoms with van der Waals surface area (Å²) < 4.78 is 5.58. The Morgan fingerprint density at radius 3 is 2.50 bits per heavy atom. The number of hydrogen-bond acceptors (Lipinski definition) is 2. The molecule has 0 heterocycles. The van der Waals surface area contributed by atoms with Gasteiger partial charge >= 0.3 is 5.97 Å². The minimum Gasteiger partial charge on any atom is -0.496 e. The number of allylic oxidation sites excluding steroid dienone is 2. The van der Waals surface area contributed by atoms with Gasteiger partial charge in [0.1, 0.15) is 5.75 Å². The van der Waals surface area contributed by atoms with E-state index < -0.39 is 5.97 Å². The van der Waals surface area contributed by atoms with Gasteiger partial charge in [-0.3, -0.25) is 4.79 Å². The second kappa shape index (κ2) is 7.35. The monoisotopic (exact) mass is 370 g/mol. The number of ether oxygens (including phenoxy) is 1. The van der Waals surface area contributed by atoms with E-state index in [-0.39, 0.29) is 6.42 Å². The minimum absolute atomic E-state index is 0.0105. The molecule has 3 aromatic carbocycles. The van der Waals surface area contributed by atoms with Crippen LogP contribution in [0.1, 0.15) is 36.5 Å². The van der Waals surface area contributed by atoms with Crippen LogP contribution >= 0.6 is 0 Å². The Bertz CT molecular complexity index is 1130. The minimum atomic E-state index is -0.829. The van der Waals surface area contributed by atoms with Crippen molar-refractivity contribution in [3.05, 3.63) is 82.9 Å². The van der Waals surface area contributed by atoms with Gasteiger partial charge < -0.3 is 9.84 Å². The standard InChI is InChI=1S/C25H22O3/c1-3-18-21(14-17-10-6-9-16-8-4-5-11-19(16)17)20-12-7-13-23(28-2)25(20)22(18)15-24(26)27/h4-14H,3,15H2,1-2H3,(H,26,27)/b21-14-. The fourth-order valence-corrected chi connectivity index (χ4v) is 4.16. The first-order valence-electron chi connectivity index (χ1n) is 9.45. The topological polar surface area (TPSA) is 46.5 Å². The maximum absolute atomic E-state index is 11.6. The van der Waals surface area contributed by atoms with Crippen LogP contribution in [0.25, 0.3) is 28.0 Å². The van der Waals surface area contributed by atoms with E-state index in [1.54, 1.807) is 7.11 Å². The van der Waals surface area contributed by atoms with Crippen molar-refractivity contribution in [1.29, 1.82) is 0 Å². The third-order valence-electron chi connectivity index (χ3n) is 5.33. The first-order chi connectivity index (χ1) is 13.6. The maximum atomic E-state index is 11.6. The van der Waals surface area contributed by atoms with E-state index in [1.165, 1.54) is 10.8 Å². The molecule has 3 nitrogen and oxygen atoms in total. The van der Waals surface area contributed by atoms with Crippen molar-refractivity contribution in [2.24, 2.45) is 0 Å². The van der Waals surface area contributed by atoms with Gasteiger partial charge in [0.2, 0.25) is 0 Å². The number of carboxylic acid groups (broad SMARTS) is 1. The maximum Gasteiger partial charge on any atom is 0.307 e. The van der Waals surface area contributed by atoms with E-state index in [0.29, 0.717) is 0 Å².